The second kappa shape index (κ2) is 10.7. The van der Waals surface area contributed by atoms with Gasteiger partial charge >= 0.3 is 5.97 Å². The molecule has 3 amide bonds. The number of nitrogens with zero attached hydrogens (tertiary/aromatic N) is 4. The number of likely N-dealkylation sites (tertiary alicyclic amines) is 1. The Morgan fingerprint density at radius 2 is 2.11 bits per heavy atom. The number of thioether (sulfide) groups is 1. The van der Waals surface area contributed by atoms with Gasteiger partial charge in [0, 0.05) is 30.8 Å². The number of amides is 3. The normalized spacial score (nSPS) is 26.4. The number of fused-ring (bicyclic) bond motifs is 1. The Morgan fingerprint density at radius 1 is 1.34 bits per heavy atom. The van der Waals surface area contributed by atoms with Crippen molar-refractivity contribution in [1.29, 1.82) is 0 Å². The Bertz CT molecular complexity index is 1270. The zero-order chi connectivity index (χ0) is 27.0. The maximum absolute atomic E-state index is 13.1. The monoisotopic (exact) mass is 561 g/mol. The van der Waals surface area contributed by atoms with Crippen molar-refractivity contribution in [2.75, 3.05) is 38.2 Å². The van der Waals surface area contributed by atoms with E-state index in [9.17, 15) is 24.3 Å². The molecule has 1 aromatic rings. The number of allylic oxidation sites excluding steroid dienone is 1. The minimum atomic E-state index is -1.23. The Balaban J connectivity index is 1.30. The third-order valence-corrected chi connectivity index (χ3v) is 8.76. The average Bonchev–Trinajstić information content (AvgIpc) is 3.67. The predicted octanol–water partition coefficient (Wildman–Crippen LogP) is -0.275. The van der Waals surface area contributed by atoms with E-state index in [4.69, 9.17) is 10.6 Å². The van der Waals surface area contributed by atoms with E-state index in [1.807, 2.05) is 4.90 Å². The lowest BCUT2D eigenvalue weighted by atomic mass is 10.0. The van der Waals surface area contributed by atoms with Crippen LogP contribution in [-0.4, -0.2) is 99.2 Å². The summed E-state index contributed by atoms with van der Waals surface area (Å²) in [6, 6.07) is -1.26. The smallest absolute Gasteiger partial charge is 0.352 e. The molecule has 3 saturated heterocycles. The van der Waals surface area contributed by atoms with Crippen LogP contribution in [-0.2, 0) is 24.0 Å². The fourth-order valence-corrected chi connectivity index (χ4v) is 6.86. The Kier molecular flexibility index (Phi) is 7.40. The minimum absolute atomic E-state index is 0.0737. The third kappa shape index (κ3) is 4.88. The number of nitrogens with one attached hydrogen (secondary N) is 2. The summed E-state index contributed by atoms with van der Waals surface area (Å²) in [5.74, 6) is -2.04. The fourth-order valence-electron chi connectivity index (χ4n) is 5.01. The Hall–Kier alpha value is -3.43. The van der Waals surface area contributed by atoms with Gasteiger partial charge in [0.1, 0.15) is 29.9 Å². The van der Waals surface area contributed by atoms with Crippen molar-refractivity contribution in [2.45, 2.75) is 36.7 Å². The number of β-lactam (4-membered cyclic amide) rings is 1. The van der Waals surface area contributed by atoms with Crippen molar-refractivity contribution in [3.8, 4) is 0 Å². The highest BCUT2D eigenvalue weighted by Crippen LogP contribution is 2.41. The van der Waals surface area contributed by atoms with Gasteiger partial charge < -0.3 is 31.2 Å². The van der Waals surface area contributed by atoms with E-state index in [1.165, 1.54) is 23.8 Å². The number of anilines is 1. The van der Waals surface area contributed by atoms with Gasteiger partial charge in [-0.15, -0.1) is 23.1 Å². The number of nitrogen functional groups attached to an aromatic ring is 1. The molecule has 5 N–H and O–H groups in total. The lowest BCUT2D eigenvalue weighted by Gasteiger charge is -2.49. The van der Waals surface area contributed by atoms with Crippen LogP contribution in [0.5, 0.6) is 0 Å². The van der Waals surface area contributed by atoms with E-state index in [1.54, 1.807) is 11.5 Å². The Morgan fingerprint density at radius 3 is 2.76 bits per heavy atom. The summed E-state index contributed by atoms with van der Waals surface area (Å²) in [6.45, 7) is 2.02. The van der Waals surface area contributed by atoms with E-state index in [0.717, 1.165) is 42.8 Å². The molecule has 3 atom stereocenters. The fraction of sp³-hybridized carbons (Fsp3) is 0.478. The third-order valence-electron chi connectivity index (χ3n) is 6.79. The van der Waals surface area contributed by atoms with Gasteiger partial charge in [0.2, 0.25) is 5.91 Å². The zero-order valence-electron chi connectivity index (χ0n) is 20.5. The summed E-state index contributed by atoms with van der Waals surface area (Å²) in [7, 11) is 1.28. The first-order valence-corrected chi connectivity index (χ1v) is 14.0. The van der Waals surface area contributed by atoms with Crippen LogP contribution in [0.2, 0.25) is 0 Å². The van der Waals surface area contributed by atoms with E-state index in [-0.39, 0.29) is 34.2 Å². The second-order valence-electron chi connectivity index (χ2n) is 9.21. The zero-order valence-corrected chi connectivity index (χ0v) is 22.1. The highest BCUT2D eigenvalue weighted by Gasteiger charge is 2.54. The van der Waals surface area contributed by atoms with E-state index in [2.05, 4.69) is 20.8 Å². The number of carbonyl (C=O) groups is 4. The van der Waals surface area contributed by atoms with E-state index >= 15 is 0 Å². The summed E-state index contributed by atoms with van der Waals surface area (Å²) in [6.07, 6.45) is 4.31. The molecule has 4 aliphatic rings. The largest absolute Gasteiger partial charge is 0.477 e. The molecule has 0 spiro atoms. The first-order valence-electron chi connectivity index (χ1n) is 12.0. The second-order valence-corrected chi connectivity index (χ2v) is 11.2. The number of rotatable bonds is 7. The molecule has 5 heterocycles. The van der Waals surface area contributed by atoms with Gasteiger partial charge in [0.15, 0.2) is 10.8 Å². The molecule has 5 rings (SSSR count). The quantitative estimate of drug-likeness (QED) is 0.197. The van der Waals surface area contributed by atoms with Crippen LogP contribution in [0.3, 0.4) is 0 Å². The highest BCUT2D eigenvalue weighted by atomic mass is 32.2. The van der Waals surface area contributed by atoms with Gasteiger partial charge in [-0.2, -0.15) is 0 Å². The molecule has 3 fully saturated rings. The maximum atomic E-state index is 13.1. The van der Waals surface area contributed by atoms with E-state index < -0.39 is 29.2 Å². The number of hydrogen-bond donors (Lipinski definition) is 4. The molecule has 4 aliphatic heterocycles. The van der Waals surface area contributed by atoms with E-state index in [0.29, 0.717) is 24.3 Å². The van der Waals surface area contributed by atoms with Gasteiger partial charge in [-0.05, 0) is 24.8 Å². The molecular weight excluding hydrogens is 534 g/mol. The molecule has 202 valence electrons. The van der Waals surface area contributed by atoms with Gasteiger partial charge in [-0.25, -0.2) is 9.78 Å². The molecule has 38 heavy (non-hydrogen) atoms. The molecule has 1 aromatic heterocycles. The number of hydrogen-bond acceptors (Lipinski definition) is 11. The molecule has 0 aliphatic carbocycles. The number of aromatic nitrogens is 1. The summed E-state index contributed by atoms with van der Waals surface area (Å²) < 4.78 is 0. The lowest BCUT2D eigenvalue weighted by molar-refractivity contribution is -0.150. The molecule has 0 aromatic carbocycles. The summed E-state index contributed by atoms with van der Waals surface area (Å²) in [4.78, 5) is 62.8. The number of oxime groups is 1. The number of carboxylic acids is 1. The van der Waals surface area contributed by atoms with Crippen molar-refractivity contribution in [3.05, 3.63) is 34.0 Å². The van der Waals surface area contributed by atoms with Gasteiger partial charge in [-0.3, -0.25) is 19.3 Å². The number of thiazole rings is 1. The predicted molar refractivity (Wildman–Crippen MR) is 140 cm³/mol. The van der Waals surface area contributed by atoms with Crippen LogP contribution < -0.4 is 16.4 Å². The lowest BCUT2D eigenvalue weighted by Crippen LogP contribution is -2.71. The van der Waals surface area contributed by atoms with Crippen LogP contribution in [0.1, 0.15) is 25.0 Å². The Labute approximate surface area is 226 Å². The average molecular weight is 562 g/mol. The molecular formula is C23H27N7O6S2. The van der Waals surface area contributed by atoms with Crippen molar-refractivity contribution in [2.24, 2.45) is 5.16 Å². The SMILES string of the molecule is CO/N=C(\C(=O)N[C@@H]1C(=O)N2C(C(=O)O)=C(/C=C3\CNC(C(=O)N4CCCC4)C3)CS[C@H]12)c1csc(N)n1. The number of nitrogens with two attached hydrogens (primary N) is 1. The van der Waals surface area contributed by atoms with Crippen LogP contribution in [0.15, 0.2) is 33.5 Å². The van der Waals surface area contributed by atoms with Crippen LogP contribution in [0, 0.1) is 0 Å². The molecule has 0 saturated carbocycles. The summed E-state index contributed by atoms with van der Waals surface area (Å²) in [5, 5.41) is 20.8. The van der Waals surface area contributed by atoms with Crippen LogP contribution in [0.4, 0.5) is 5.13 Å². The minimum Gasteiger partial charge on any atom is -0.477 e. The van der Waals surface area contributed by atoms with Gasteiger partial charge in [0.05, 0.1) is 6.04 Å². The highest BCUT2D eigenvalue weighted by molar-refractivity contribution is 8.00. The van der Waals surface area contributed by atoms with Crippen molar-refractivity contribution in [1.82, 2.24) is 25.4 Å². The van der Waals surface area contributed by atoms with Crippen molar-refractivity contribution >= 4 is 57.6 Å². The first kappa shape index (κ1) is 26.2. The van der Waals surface area contributed by atoms with Gasteiger partial charge in [0.25, 0.3) is 11.8 Å². The number of aliphatic carboxylic acids is 1. The summed E-state index contributed by atoms with van der Waals surface area (Å²) >= 11 is 2.48. The number of carbonyl (C=O) groups excluding carboxylic acids is 3. The molecule has 15 heteroatoms. The first-order chi connectivity index (χ1) is 18.3. The van der Waals surface area contributed by atoms with Crippen LogP contribution >= 0.6 is 23.1 Å². The van der Waals surface area contributed by atoms with Crippen molar-refractivity contribution < 1.29 is 29.1 Å². The topological polar surface area (TPSA) is 180 Å². The molecule has 13 nitrogen and oxygen atoms in total. The standard InChI is InChI=1S/C23H27N7O6S2/c1-36-28-15(14-10-38-23(24)26-14)18(31)27-16-20(33)30-17(22(34)35)12(9-37-21(16)30)6-11-7-13(25-8-11)19(32)29-4-2-3-5-29/h6,10,13,16,21,25H,2-5,7-9H2,1H3,(H2,24,26)(H,27,31)(H,34,35)/b11-6-,28-15-/t13?,16-,21-/m1/s1. The molecule has 0 bridgehead atoms. The maximum Gasteiger partial charge on any atom is 0.352 e. The molecule has 0 radical (unpaired) electrons. The van der Waals surface area contributed by atoms with Crippen molar-refractivity contribution in [3.63, 3.8) is 0 Å². The van der Waals surface area contributed by atoms with Gasteiger partial charge in [-0.1, -0.05) is 16.8 Å². The number of carboxylic acid groups (broad SMARTS) is 1. The molecule has 1 unspecified atom stereocenters. The summed E-state index contributed by atoms with van der Waals surface area (Å²) in [5.41, 5.74) is 7.03. The van der Waals surface area contributed by atoms with Crippen LogP contribution in [0.25, 0.3) is 0 Å².